The van der Waals surface area contributed by atoms with Crippen molar-refractivity contribution in [3.05, 3.63) is 22.9 Å². The molecule has 18 heavy (non-hydrogen) atoms. The quantitative estimate of drug-likeness (QED) is 0.738. The molecule has 1 aromatic rings. The Hall–Kier alpha value is -2.18. The van der Waals surface area contributed by atoms with E-state index in [1.54, 1.807) is 6.92 Å². The minimum Gasteiger partial charge on any atom is -0.478 e. The van der Waals surface area contributed by atoms with Gasteiger partial charge in [0.15, 0.2) is 5.82 Å². The summed E-state index contributed by atoms with van der Waals surface area (Å²) in [4.78, 5) is 26.2. The zero-order valence-corrected chi connectivity index (χ0v) is 10.5. The highest BCUT2D eigenvalue weighted by atomic mass is 16.5. The summed E-state index contributed by atoms with van der Waals surface area (Å²) in [5.41, 5.74) is 0.217. The van der Waals surface area contributed by atoms with Crippen LogP contribution in [0.3, 0.4) is 0 Å². The Labute approximate surface area is 104 Å². The second-order valence-corrected chi connectivity index (χ2v) is 3.79. The Morgan fingerprint density at radius 3 is 2.50 bits per heavy atom. The summed E-state index contributed by atoms with van der Waals surface area (Å²) < 4.78 is 4.78. The van der Waals surface area contributed by atoms with E-state index in [1.165, 1.54) is 13.8 Å². The van der Waals surface area contributed by atoms with Crippen molar-refractivity contribution in [3.63, 3.8) is 0 Å². The fourth-order valence-electron chi connectivity index (χ4n) is 1.19. The number of carboxylic acid groups (broad SMARTS) is 1. The molecular formula is C11H15N3O4. The lowest BCUT2D eigenvalue weighted by atomic mass is 10.1. The summed E-state index contributed by atoms with van der Waals surface area (Å²) in [6, 6.07) is 0. The van der Waals surface area contributed by atoms with Gasteiger partial charge in [0.25, 0.3) is 0 Å². The van der Waals surface area contributed by atoms with Crippen LogP contribution in [0, 0.1) is 6.92 Å². The van der Waals surface area contributed by atoms with Gasteiger partial charge in [-0.2, -0.15) is 4.98 Å². The standard InChI is InChI=1S/C11H15N3O4/c1-6(7(2)11(16)17)10(15)12-5-4-9-13-8(3)18-14-9/h4-5H2,1-3H3,(H,12,15)(H,16,17). The number of aryl methyl sites for hydroxylation is 1. The molecule has 0 spiro atoms. The Bertz CT molecular complexity index is 490. The highest BCUT2D eigenvalue weighted by molar-refractivity contribution is 6.01. The molecule has 0 radical (unpaired) electrons. The second kappa shape index (κ2) is 5.95. The summed E-state index contributed by atoms with van der Waals surface area (Å²) in [5.74, 6) is -0.537. The van der Waals surface area contributed by atoms with Crippen LogP contribution in [0.4, 0.5) is 0 Å². The van der Waals surface area contributed by atoms with Crippen LogP contribution in [0.5, 0.6) is 0 Å². The molecule has 0 atom stereocenters. The third kappa shape index (κ3) is 3.69. The van der Waals surface area contributed by atoms with Gasteiger partial charge in [-0.1, -0.05) is 5.16 Å². The van der Waals surface area contributed by atoms with Crippen LogP contribution in [0.1, 0.15) is 25.6 Å². The van der Waals surface area contributed by atoms with E-state index < -0.39 is 11.9 Å². The molecule has 7 heteroatoms. The van der Waals surface area contributed by atoms with Gasteiger partial charge in [0.1, 0.15) is 0 Å². The third-order valence-corrected chi connectivity index (χ3v) is 2.43. The predicted octanol–water partition coefficient (Wildman–Crippen LogP) is 0.458. The van der Waals surface area contributed by atoms with Gasteiger partial charge in [-0.25, -0.2) is 4.79 Å². The molecule has 0 unspecified atom stereocenters. The average Bonchev–Trinajstić information content (AvgIpc) is 2.72. The number of nitrogens with zero attached hydrogens (tertiary/aromatic N) is 2. The molecule has 1 amide bonds. The molecule has 0 fully saturated rings. The number of carboxylic acids is 1. The van der Waals surface area contributed by atoms with Crippen molar-refractivity contribution in [1.29, 1.82) is 0 Å². The molecular weight excluding hydrogens is 238 g/mol. The number of aromatic nitrogens is 2. The first-order chi connectivity index (χ1) is 8.41. The van der Waals surface area contributed by atoms with Gasteiger partial charge in [0.2, 0.25) is 11.8 Å². The van der Waals surface area contributed by atoms with Crippen molar-refractivity contribution in [2.45, 2.75) is 27.2 Å². The van der Waals surface area contributed by atoms with E-state index in [9.17, 15) is 9.59 Å². The van der Waals surface area contributed by atoms with Crippen LogP contribution in [0.2, 0.25) is 0 Å². The second-order valence-electron chi connectivity index (χ2n) is 3.79. The van der Waals surface area contributed by atoms with Crippen LogP contribution >= 0.6 is 0 Å². The fourth-order valence-corrected chi connectivity index (χ4v) is 1.19. The Kier molecular flexibility index (Phi) is 4.59. The number of carbonyl (C=O) groups is 2. The zero-order chi connectivity index (χ0) is 13.7. The highest BCUT2D eigenvalue weighted by Gasteiger charge is 2.12. The number of aliphatic carboxylic acids is 1. The maximum absolute atomic E-state index is 11.6. The minimum absolute atomic E-state index is 0.0305. The van der Waals surface area contributed by atoms with Gasteiger partial charge in [0.05, 0.1) is 0 Å². The lowest BCUT2D eigenvalue weighted by molar-refractivity contribution is -0.133. The number of rotatable bonds is 5. The summed E-state index contributed by atoms with van der Waals surface area (Å²) in [6.07, 6.45) is 0.433. The first kappa shape index (κ1) is 13.9. The van der Waals surface area contributed by atoms with Gasteiger partial charge in [-0.3, -0.25) is 4.79 Å². The van der Waals surface area contributed by atoms with Crippen LogP contribution in [0.25, 0.3) is 0 Å². The lowest BCUT2D eigenvalue weighted by Gasteiger charge is -2.05. The average molecular weight is 253 g/mol. The fraction of sp³-hybridized carbons (Fsp3) is 0.455. The van der Waals surface area contributed by atoms with Gasteiger partial charge >= 0.3 is 5.97 Å². The zero-order valence-electron chi connectivity index (χ0n) is 10.5. The Morgan fingerprint density at radius 2 is 2.00 bits per heavy atom. The summed E-state index contributed by atoms with van der Waals surface area (Å²) in [6.45, 7) is 4.86. The first-order valence-corrected chi connectivity index (χ1v) is 5.40. The summed E-state index contributed by atoms with van der Waals surface area (Å²) in [5, 5.41) is 15.0. The molecule has 0 aliphatic heterocycles. The molecule has 0 aliphatic carbocycles. The Morgan fingerprint density at radius 1 is 1.33 bits per heavy atom. The van der Waals surface area contributed by atoms with E-state index >= 15 is 0 Å². The van der Waals surface area contributed by atoms with Crippen molar-refractivity contribution >= 4 is 11.9 Å². The molecule has 0 saturated carbocycles. The van der Waals surface area contributed by atoms with Gasteiger partial charge in [0, 0.05) is 31.0 Å². The third-order valence-electron chi connectivity index (χ3n) is 2.43. The van der Waals surface area contributed by atoms with Crippen molar-refractivity contribution in [3.8, 4) is 0 Å². The first-order valence-electron chi connectivity index (χ1n) is 5.40. The van der Waals surface area contributed by atoms with E-state index in [4.69, 9.17) is 9.63 Å². The molecule has 0 aliphatic rings. The van der Waals surface area contributed by atoms with Crippen LogP contribution < -0.4 is 5.32 Å². The van der Waals surface area contributed by atoms with Gasteiger partial charge in [-0.05, 0) is 13.8 Å². The lowest BCUT2D eigenvalue weighted by Crippen LogP contribution is -2.27. The van der Waals surface area contributed by atoms with Crippen LogP contribution in [-0.2, 0) is 16.0 Å². The number of carbonyl (C=O) groups excluding carboxylic acids is 1. The molecule has 98 valence electrons. The molecule has 1 aromatic heterocycles. The van der Waals surface area contributed by atoms with E-state index in [1.807, 2.05) is 0 Å². The van der Waals surface area contributed by atoms with Crippen molar-refractivity contribution in [1.82, 2.24) is 15.5 Å². The topological polar surface area (TPSA) is 105 Å². The molecule has 2 N–H and O–H groups in total. The molecule has 0 aromatic carbocycles. The summed E-state index contributed by atoms with van der Waals surface area (Å²) in [7, 11) is 0. The highest BCUT2D eigenvalue weighted by Crippen LogP contribution is 2.03. The van der Waals surface area contributed by atoms with Crippen molar-refractivity contribution in [2.75, 3.05) is 6.54 Å². The molecule has 7 nitrogen and oxygen atoms in total. The SMILES string of the molecule is CC(C(=O)O)=C(C)C(=O)NCCc1noc(C)n1. The number of hydrogen-bond acceptors (Lipinski definition) is 5. The largest absolute Gasteiger partial charge is 0.478 e. The number of nitrogens with one attached hydrogen (secondary N) is 1. The molecule has 1 rings (SSSR count). The Balaban J connectivity index is 2.47. The molecule has 0 bridgehead atoms. The van der Waals surface area contributed by atoms with E-state index in [0.717, 1.165) is 0 Å². The summed E-state index contributed by atoms with van der Waals surface area (Å²) >= 11 is 0. The van der Waals surface area contributed by atoms with Crippen molar-refractivity contribution < 1.29 is 19.2 Å². The van der Waals surface area contributed by atoms with E-state index in [0.29, 0.717) is 24.7 Å². The molecule has 1 heterocycles. The van der Waals surface area contributed by atoms with Gasteiger partial charge < -0.3 is 14.9 Å². The predicted molar refractivity (Wildman–Crippen MR) is 61.8 cm³/mol. The number of amides is 1. The number of hydrogen-bond donors (Lipinski definition) is 2. The maximum atomic E-state index is 11.6. The minimum atomic E-state index is -1.10. The van der Waals surface area contributed by atoms with Gasteiger partial charge in [-0.15, -0.1) is 0 Å². The molecule has 0 saturated heterocycles. The van der Waals surface area contributed by atoms with Crippen molar-refractivity contribution in [2.24, 2.45) is 0 Å². The maximum Gasteiger partial charge on any atom is 0.331 e. The van der Waals surface area contributed by atoms with E-state index in [2.05, 4.69) is 15.5 Å². The smallest absolute Gasteiger partial charge is 0.331 e. The van der Waals surface area contributed by atoms with E-state index in [-0.39, 0.29) is 11.1 Å². The van der Waals surface area contributed by atoms with Crippen LogP contribution in [0.15, 0.2) is 15.7 Å². The monoisotopic (exact) mass is 253 g/mol. The normalized spacial score (nSPS) is 11.9. The van der Waals surface area contributed by atoms with Crippen LogP contribution in [-0.4, -0.2) is 33.7 Å².